The third-order valence-electron chi connectivity index (χ3n) is 6.77. The summed E-state index contributed by atoms with van der Waals surface area (Å²) in [6, 6.07) is 7.86. The normalized spacial score (nSPS) is 15.1. The number of allylic oxidation sites excluding steroid dienone is 2. The van der Waals surface area contributed by atoms with Gasteiger partial charge in [-0.2, -0.15) is 0 Å². The largest absolute Gasteiger partial charge is 0.477 e. The van der Waals surface area contributed by atoms with Gasteiger partial charge >= 0.3 is 11.9 Å². The molecule has 3 rings (SSSR count). The molecule has 0 spiro atoms. The summed E-state index contributed by atoms with van der Waals surface area (Å²) in [5.74, 6) is -1.09. The van der Waals surface area contributed by atoms with Crippen molar-refractivity contribution in [2.75, 3.05) is 19.8 Å². The van der Waals surface area contributed by atoms with Gasteiger partial charge in [0, 0.05) is 35.3 Å². The van der Waals surface area contributed by atoms with E-state index in [9.17, 15) is 19.7 Å². The van der Waals surface area contributed by atoms with Gasteiger partial charge in [0.25, 0.3) is 5.69 Å². The van der Waals surface area contributed by atoms with E-state index in [2.05, 4.69) is 29.4 Å². The van der Waals surface area contributed by atoms with Crippen LogP contribution < -0.4 is 10.1 Å². The van der Waals surface area contributed by atoms with Crippen LogP contribution in [0.3, 0.4) is 0 Å². The molecule has 0 aliphatic carbocycles. The number of carbonyl (C=O) groups is 2. The molecule has 2 heterocycles. The lowest BCUT2D eigenvalue weighted by Gasteiger charge is -2.30. The van der Waals surface area contributed by atoms with Crippen molar-refractivity contribution < 1.29 is 28.7 Å². The Kier molecular flexibility index (Phi) is 11.5. The van der Waals surface area contributed by atoms with Crippen LogP contribution in [-0.2, 0) is 19.1 Å². The van der Waals surface area contributed by atoms with E-state index in [1.165, 1.54) is 18.2 Å². The monoisotopic (exact) mass is 568 g/mol. The number of ether oxygens (including phenoxy) is 3. The number of non-ortho nitro benzene ring substituents is 1. The summed E-state index contributed by atoms with van der Waals surface area (Å²) < 4.78 is 16.7. The number of hydrogen-bond donors (Lipinski definition) is 2. The second-order valence-corrected chi connectivity index (χ2v) is 10.3. The highest BCUT2D eigenvalue weighted by Crippen LogP contribution is 2.40. The molecule has 0 fully saturated rings. The minimum Gasteiger partial charge on any atom is -0.477 e. The number of benzene rings is 1. The molecule has 1 aromatic heterocycles. The molecule has 0 saturated heterocycles. The predicted octanol–water partition coefficient (Wildman–Crippen LogP) is 5.81. The number of carbonyl (C=O) groups excluding carboxylic acids is 2. The fraction of sp³-hybridized carbons (Fsp3) is 0.500. The Balaban J connectivity index is 1.62. The van der Waals surface area contributed by atoms with Crippen molar-refractivity contribution in [2.24, 2.45) is 0 Å². The quantitative estimate of drug-likeness (QED) is 0.118. The smallest absolute Gasteiger partial charge is 0.336 e. The van der Waals surface area contributed by atoms with E-state index in [0.29, 0.717) is 48.2 Å². The molecule has 2 N–H and O–H groups in total. The molecule has 0 saturated carbocycles. The van der Waals surface area contributed by atoms with Gasteiger partial charge in [-0.25, -0.2) is 9.59 Å². The van der Waals surface area contributed by atoms with Crippen molar-refractivity contribution in [3.63, 3.8) is 0 Å². The van der Waals surface area contributed by atoms with Crippen molar-refractivity contribution in [1.82, 2.24) is 15.5 Å². The first-order valence-corrected chi connectivity index (χ1v) is 14.1. The third-order valence-corrected chi connectivity index (χ3v) is 6.77. The number of aromatic amines is 1. The number of dihydropyridines is 1. The maximum atomic E-state index is 13.4. The fourth-order valence-corrected chi connectivity index (χ4v) is 4.62. The Hall–Kier alpha value is -4.15. The molecular formula is C30H40N4O7. The highest BCUT2D eigenvalue weighted by atomic mass is 16.6. The van der Waals surface area contributed by atoms with Crippen LogP contribution in [0.5, 0.6) is 5.88 Å². The summed E-state index contributed by atoms with van der Waals surface area (Å²) in [5.41, 5.74) is 2.83. The van der Waals surface area contributed by atoms with E-state index < -0.39 is 22.8 Å². The van der Waals surface area contributed by atoms with Crippen LogP contribution in [0, 0.1) is 10.1 Å². The topological polar surface area (TPSA) is 146 Å². The predicted molar refractivity (Wildman–Crippen MR) is 153 cm³/mol. The van der Waals surface area contributed by atoms with E-state index >= 15 is 0 Å². The number of hydrogen-bond acceptors (Lipinski definition) is 9. The number of H-pyrrole nitrogens is 1. The number of nitrogens with one attached hydrogen (secondary N) is 2. The van der Waals surface area contributed by atoms with Gasteiger partial charge in [0.2, 0.25) is 5.88 Å². The molecule has 1 aliphatic rings. The molecule has 0 amide bonds. The molecule has 11 nitrogen and oxygen atoms in total. The molecule has 0 bridgehead atoms. The number of esters is 2. The van der Waals surface area contributed by atoms with Crippen molar-refractivity contribution >= 4 is 17.6 Å². The Bertz CT molecular complexity index is 1300. The molecule has 222 valence electrons. The van der Waals surface area contributed by atoms with Crippen LogP contribution >= 0.6 is 0 Å². The van der Waals surface area contributed by atoms with E-state index in [-0.39, 0.29) is 30.0 Å². The summed E-state index contributed by atoms with van der Waals surface area (Å²) in [6.45, 7) is 10.5. The van der Waals surface area contributed by atoms with Gasteiger partial charge in [0.15, 0.2) is 0 Å². The lowest BCUT2D eigenvalue weighted by molar-refractivity contribution is -0.384. The third kappa shape index (κ3) is 8.42. The van der Waals surface area contributed by atoms with Gasteiger partial charge in [0.05, 0.1) is 41.8 Å². The Labute approximate surface area is 240 Å². The van der Waals surface area contributed by atoms with Crippen LogP contribution in [0.25, 0.3) is 0 Å². The molecule has 2 aromatic rings. The van der Waals surface area contributed by atoms with E-state index in [4.69, 9.17) is 14.2 Å². The fourth-order valence-electron chi connectivity index (χ4n) is 4.62. The first kappa shape index (κ1) is 31.4. The zero-order chi connectivity index (χ0) is 29.9. The molecule has 1 aliphatic heterocycles. The summed E-state index contributed by atoms with van der Waals surface area (Å²) in [6.07, 6.45) is 3.87. The highest BCUT2D eigenvalue weighted by Gasteiger charge is 2.38. The lowest BCUT2D eigenvalue weighted by Crippen LogP contribution is -2.32. The van der Waals surface area contributed by atoms with Crippen molar-refractivity contribution in [3.8, 4) is 5.88 Å². The SMILES string of the molecule is CCCOC(=O)C1=C(C)NC(C)=C(C(=O)OCCCCCCOc2cc(C(C)C)[nH]n2)C1c1cccc([N+](=O)[O-])c1. The van der Waals surface area contributed by atoms with Crippen LogP contribution in [0.4, 0.5) is 5.69 Å². The van der Waals surface area contributed by atoms with Gasteiger partial charge in [-0.15, -0.1) is 5.10 Å². The maximum Gasteiger partial charge on any atom is 0.336 e. The molecule has 1 aromatic carbocycles. The second kappa shape index (κ2) is 15.0. The summed E-state index contributed by atoms with van der Waals surface area (Å²) >= 11 is 0. The Morgan fingerprint density at radius 2 is 1.61 bits per heavy atom. The standard InChI is InChI=1S/C30H40N4O7/c1-6-14-40-29(35)26-20(4)31-21(5)27(28(26)22-12-11-13-23(17-22)34(37)38)30(36)41-16-10-8-7-9-15-39-25-18-24(19(2)3)32-33-25/h11-13,17-19,28,31H,6-10,14-16H2,1-5H3,(H,32,33). The molecular weight excluding hydrogens is 528 g/mol. The van der Waals surface area contributed by atoms with Crippen LogP contribution in [-0.4, -0.2) is 46.9 Å². The first-order valence-electron chi connectivity index (χ1n) is 14.1. The number of rotatable bonds is 15. The molecule has 11 heteroatoms. The summed E-state index contributed by atoms with van der Waals surface area (Å²) in [7, 11) is 0. The van der Waals surface area contributed by atoms with Crippen LogP contribution in [0.1, 0.15) is 89.8 Å². The zero-order valence-corrected chi connectivity index (χ0v) is 24.5. The van der Waals surface area contributed by atoms with Crippen LogP contribution in [0.2, 0.25) is 0 Å². The Morgan fingerprint density at radius 1 is 0.976 bits per heavy atom. The van der Waals surface area contributed by atoms with Crippen LogP contribution in [0.15, 0.2) is 52.9 Å². The van der Waals surface area contributed by atoms with Crippen molar-refractivity contribution in [3.05, 3.63) is 74.2 Å². The lowest BCUT2D eigenvalue weighted by atomic mass is 9.80. The van der Waals surface area contributed by atoms with Gasteiger partial charge in [-0.05, 0) is 57.4 Å². The van der Waals surface area contributed by atoms with E-state index in [1.807, 2.05) is 13.0 Å². The molecule has 0 radical (unpaired) electrons. The average Bonchev–Trinajstić information content (AvgIpc) is 3.42. The summed E-state index contributed by atoms with van der Waals surface area (Å²) in [4.78, 5) is 37.5. The minimum atomic E-state index is -0.872. The molecule has 1 unspecified atom stereocenters. The Morgan fingerprint density at radius 3 is 2.20 bits per heavy atom. The highest BCUT2D eigenvalue weighted by molar-refractivity contribution is 6.00. The van der Waals surface area contributed by atoms with Gasteiger partial charge in [0.1, 0.15) is 0 Å². The number of nitro benzene ring substituents is 1. The van der Waals surface area contributed by atoms with E-state index in [1.54, 1.807) is 19.9 Å². The number of unbranched alkanes of at least 4 members (excludes halogenated alkanes) is 3. The van der Waals surface area contributed by atoms with E-state index in [0.717, 1.165) is 25.0 Å². The van der Waals surface area contributed by atoms with Crippen molar-refractivity contribution in [1.29, 1.82) is 0 Å². The maximum absolute atomic E-state index is 13.4. The van der Waals surface area contributed by atoms with Crippen molar-refractivity contribution in [2.45, 2.75) is 78.6 Å². The van der Waals surface area contributed by atoms with Gasteiger partial charge in [-0.1, -0.05) is 32.9 Å². The van der Waals surface area contributed by atoms with Gasteiger partial charge < -0.3 is 19.5 Å². The summed E-state index contributed by atoms with van der Waals surface area (Å²) in [5, 5.41) is 21.7. The molecule has 41 heavy (non-hydrogen) atoms. The zero-order valence-electron chi connectivity index (χ0n) is 24.5. The first-order chi connectivity index (χ1) is 19.6. The second-order valence-electron chi connectivity index (χ2n) is 10.3. The number of nitro groups is 1. The number of aromatic nitrogens is 2. The number of nitrogens with zero attached hydrogens (tertiary/aromatic N) is 2. The van der Waals surface area contributed by atoms with Gasteiger partial charge in [-0.3, -0.25) is 15.2 Å². The minimum absolute atomic E-state index is 0.137. The molecule has 1 atom stereocenters. The average molecular weight is 569 g/mol.